The highest BCUT2D eigenvalue weighted by molar-refractivity contribution is 7.26. The number of fused-ring (bicyclic) bond motifs is 6. The van der Waals surface area contributed by atoms with Gasteiger partial charge in [-0.15, -0.1) is 22.7 Å². The lowest BCUT2D eigenvalue weighted by atomic mass is 9.89. The van der Waals surface area contributed by atoms with Crippen molar-refractivity contribution in [1.29, 1.82) is 0 Å². The van der Waals surface area contributed by atoms with Crippen LogP contribution in [-0.2, 0) is 0 Å². The zero-order chi connectivity index (χ0) is 37.0. The minimum Gasteiger partial charge on any atom is -0.226 e. The fourth-order valence-corrected chi connectivity index (χ4v) is 10.1. The van der Waals surface area contributed by atoms with Gasteiger partial charge in [-0.1, -0.05) is 170 Å². The third-order valence-electron chi connectivity index (χ3n) is 10.4. The minimum atomic E-state index is 0.698. The largest absolute Gasteiger partial charge is 0.226 e. The summed E-state index contributed by atoms with van der Waals surface area (Å²) in [5.41, 5.74) is 12.2. The molecule has 0 aliphatic heterocycles. The molecular formula is C50H30N4S2. The van der Waals surface area contributed by atoms with Crippen LogP contribution in [0.4, 0.5) is 0 Å². The van der Waals surface area contributed by atoms with E-state index in [1.54, 1.807) is 22.7 Å². The Morgan fingerprint density at radius 2 is 0.607 bits per heavy atom. The molecule has 4 heterocycles. The second-order valence-corrected chi connectivity index (χ2v) is 15.8. The van der Waals surface area contributed by atoms with Crippen molar-refractivity contribution < 1.29 is 0 Å². The molecule has 4 aromatic heterocycles. The first kappa shape index (κ1) is 32.6. The van der Waals surface area contributed by atoms with Crippen LogP contribution >= 0.6 is 22.7 Å². The summed E-state index contributed by atoms with van der Waals surface area (Å²) in [7, 11) is 0. The van der Waals surface area contributed by atoms with Crippen molar-refractivity contribution in [3.05, 3.63) is 182 Å². The van der Waals surface area contributed by atoms with E-state index in [2.05, 4.69) is 170 Å². The van der Waals surface area contributed by atoms with E-state index in [0.29, 0.717) is 11.6 Å². The second-order valence-electron chi connectivity index (χ2n) is 13.7. The van der Waals surface area contributed by atoms with Gasteiger partial charge in [0.2, 0.25) is 0 Å². The molecule has 11 rings (SSSR count). The third-order valence-corrected chi connectivity index (χ3v) is 12.7. The predicted octanol–water partition coefficient (Wildman–Crippen LogP) is 14.0. The summed E-state index contributed by atoms with van der Waals surface area (Å²) in [5, 5.41) is 2.29. The molecule has 0 unspecified atom stereocenters. The average Bonchev–Trinajstić information content (AvgIpc) is 3.85. The van der Waals surface area contributed by atoms with Crippen molar-refractivity contribution in [1.82, 2.24) is 19.9 Å². The molecule has 4 nitrogen and oxygen atoms in total. The van der Waals surface area contributed by atoms with Gasteiger partial charge in [0.1, 0.15) is 0 Å². The van der Waals surface area contributed by atoms with Gasteiger partial charge < -0.3 is 0 Å². The number of benzene rings is 7. The molecule has 0 saturated heterocycles. The van der Waals surface area contributed by atoms with Gasteiger partial charge >= 0.3 is 0 Å². The molecule has 0 saturated carbocycles. The van der Waals surface area contributed by atoms with E-state index in [9.17, 15) is 0 Å². The van der Waals surface area contributed by atoms with Crippen LogP contribution in [0.3, 0.4) is 0 Å². The molecule has 0 amide bonds. The highest BCUT2D eigenvalue weighted by atomic mass is 32.1. The van der Waals surface area contributed by atoms with Crippen LogP contribution in [-0.4, -0.2) is 19.9 Å². The van der Waals surface area contributed by atoms with E-state index in [4.69, 9.17) is 19.9 Å². The number of aromatic nitrogens is 4. The summed E-state index contributed by atoms with van der Waals surface area (Å²) in [6, 6.07) is 63.6. The lowest BCUT2D eigenvalue weighted by Gasteiger charge is -2.17. The van der Waals surface area contributed by atoms with Crippen molar-refractivity contribution in [2.75, 3.05) is 0 Å². The van der Waals surface area contributed by atoms with Crippen LogP contribution in [0.25, 0.3) is 108 Å². The van der Waals surface area contributed by atoms with Crippen molar-refractivity contribution in [3.63, 3.8) is 0 Å². The van der Waals surface area contributed by atoms with Gasteiger partial charge in [-0.2, -0.15) is 0 Å². The highest BCUT2D eigenvalue weighted by Crippen LogP contribution is 2.45. The molecule has 56 heavy (non-hydrogen) atoms. The molecule has 0 spiro atoms. The number of rotatable bonds is 6. The molecule has 7 aromatic carbocycles. The number of thiophene rings is 2. The molecule has 0 bridgehead atoms. The molecule has 262 valence electrons. The number of hydrogen-bond donors (Lipinski definition) is 0. The van der Waals surface area contributed by atoms with Crippen molar-refractivity contribution in [2.45, 2.75) is 0 Å². The average molecular weight is 751 g/mol. The van der Waals surface area contributed by atoms with Gasteiger partial charge in [0.05, 0.1) is 31.8 Å². The maximum Gasteiger partial charge on any atom is 0.161 e. The first-order valence-corrected chi connectivity index (χ1v) is 20.2. The standard InChI is InChI=1S/C50H30N4S2/c1-3-17-31(18-4-1)43-47-45(39-27-13-15-29-41(39)55-47)53-49(51-43)37-25-11-9-23-35(37)33-21-7-8-22-34(33)36-24-10-12-26-38(36)50-52-44(32-19-5-2-6-20-32)48-46(54-50)40-28-14-16-30-42(40)56-48/h1-30H. The lowest BCUT2D eigenvalue weighted by molar-refractivity contribution is 1.24. The Balaban J connectivity index is 1.12. The maximum atomic E-state index is 5.36. The second kappa shape index (κ2) is 13.5. The first-order valence-electron chi connectivity index (χ1n) is 18.6. The summed E-state index contributed by atoms with van der Waals surface area (Å²) < 4.78 is 4.59. The van der Waals surface area contributed by atoms with Crippen molar-refractivity contribution >= 4 is 63.3 Å². The molecule has 0 radical (unpaired) electrons. The Bertz CT molecular complexity index is 3040. The Labute approximate surface area is 331 Å². The van der Waals surface area contributed by atoms with Crippen LogP contribution in [0.2, 0.25) is 0 Å². The Kier molecular flexibility index (Phi) is 7.83. The van der Waals surface area contributed by atoms with Gasteiger partial charge in [0.25, 0.3) is 0 Å². The van der Waals surface area contributed by atoms with E-state index in [1.165, 1.54) is 9.40 Å². The highest BCUT2D eigenvalue weighted by Gasteiger charge is 2.22. The fraction of sp³-hybridized carbons (Fsp3) is 0. The van der Waals surface area contributed by atoms with Crippen LogP contribution < -0.4 is 0 Å². The maximum absolute atomic E-state index is 5.36. The Hall–Kier alpha value is -6.86. The van der Waals surface area contributed by atoms with Gasteiger partial charge in [0, 0.05) is 42.4 Å². The molecule has 0 aliphatic carbocycles. The predicted molar refractivity (Wildman–Crippen MR) is 236 cm³/mol. The quantitative estimate of drug-likeness (QED) is 0.170. The summed E-state index contributed by atoms with van der Waals surface area (Å²) in [6.45, 7) is 0. The molecular weight excluding hydrogens is 721 g/mol. The molecule has 0 N–H and O–H groups in total. The van der Waals surface area contributed by atoms with Gasteiger partial charge in [-0.05, 0) is 34.4 Å². The van der Waals surface area contributed by atoms with Crippen molar-refractivity contribution in [2.24, 2.45) is 0 Å². The van der Waals surface area contributed by atoms with Crippen LogP contribution in [0.15, 0.2) is 182 Å². The molecule has 11 aromatic rings. The zero-order valence-electron chi connectivity index (χ0n) is 29.9. The summed E-state index contributed by atoms with van der Waals surface area (Å²) in [4.78, 5) is 21.4. The van der Waals surface area contributed by atoms with Crippen molar-refractivity contribution in [3.8, 4) is 67.5 Å². The fourth-order valence-electron chi connectivity index (χ4n) is 7.78. The molecule has 0 aliphatic rings. The Morgan fingerprint density at radius 1 is 0.286 bits per heavy atom. The van der Waals surface area contributed by atoms with E-state index in [-0.39, 0.29) is 0 Å². The van der Waals surface area contributed by atoms with E-state index < -0.39 is 0 Å². The SMILES string of the molecule is c1ccc(-c2nc(-c3ccccc3-c3ccccc3-c3ccccc3-c3nc(-c4ccccc4)c4sc5ccccc5c4n3)nc3c2sc2ccccc23)cc1. The van der Waals surface area contributed by atoms with E-state index in [1.807, 2.05) is 12.1 Å². The number of hydrogen-bond acceptors (Lipinski definition) is 6. The summed E-state index contributed by atoms with van der Waals surface area (Å²) in [6.07, 6.45) is 0. The normalized spacial score (nSPS) is 11.6. The monoisotopic (exact) mass is 750 g/mol. The molecule has 0 atom stereocenters. The smallest absolute Gasteiger partial charge is 0.161 e. The van der Waals surface area contributed by atoms with E-state index >= 15 is 0 Å². The van der Waals surface area contributed by atoms with Crippen LogP contribution in [0, 0.1) is 0 Å². The minimum absolute atomic E-state index is 0.698. The lowest BCUT2D eigenvalue weighted by Crippen LogP contribution is -1.98. The topological polar surface area (TPSA) is 51.6 Å². The summed E-state index contributed by atoms with van der Waals surface area (Å²) in [5.74, 6) is 1.40. The number of nitrogens with zero attached hydrogens (tertiary/aromatic N) is 4. The first-order chi connectivity index (χ1) is 27.8. The molecule has 6 heteroatoms. The summed E-state index contributed by atoms with van der Waals surface area (Å²) >= 11 is 3.50. The van der Waals surface area contributed by atoms with Gasteiger partial charge in [0.15, 0.2) is 11.6 Å². The zero-order valence-corrected chi connectivity index (χ0v) is 31.6. The third kappa shape index (κ3) is 5.41. The van der Waals surface area contributed by atoms with E-state index in [0.717, 1.165) is 87.1 Å². The van der Waals surface area contributed by atoms with Crippen LogP contribution in [0.1, 0.15) is 0 Å². The Morgan fingerprint density at radius 3 is 1.02 bits per heavy atom. The van der Waals surface area contributed by atoms with Gasteiger partial charge in [-0.25, -0.2) is 19.9 Å². The molecule has 0 fully saturated rings. The van der Waals surface area contributed by atoms with Gasteiger partial charge in [-0.3, -0.25) is 0 Å². The van der Waals surface area contributed by atoms with Crippen LogP contribution in [0.5, 0.6) is 0 Å².